The van der Waals surface area contributed by atoms with Gasteiger partial charge in [-0.2, -0.15) is 4.98 Å². The zero-order valence-corrected chi connectivity index (χ0v) is 16.1. The molecule has 0 radical (unpaired) electrons. The van der Waals surface area contributed by atoms with Crippen LogP contribution in [0.15, 0.2) is 45.5 Å². The SMILES string of the molecule is CC(C)=CCC/C(C)=C/CSc1nc(=O)ccn1C1CCC(CO)O1. The lowest BCUT2D eigenvalue weighted by molar-refractivity contribution is -0.0273. The van der Waals surface area contributed by atoms with Gasteiger partial charge < -0.3 is 14.4 Å². The number of rotatable bonds is 8. The normalized spacial score (nSPS) is 20.7. The Bertz CT molecular complexity index is 677. The summed E-state index contributed by atoms with van der Waals surface area (Å²) < 4.78 is 7.73. The Labute approximate surface area is 153 Å². The van der Waals surface area contributed by atoms with Crippen LogP contribution in [0.3, 0.4) is 0 Å². The molecule has 2 heterocycles. The second-order valence-electron chi connectivity index (χ2n) is 6.61. The maximum Gasteiger partial charge on any atom is 0.273 e. The van der Waals surface area contributed by atoms with Crippen molar-refractivity contribution in [2.75, 3.05) is 12.4 Å². The van der Waals surface area contributed by atoms with E-state index in [9.17, 15) is 9.90 Å². The van der Waals surface area contributed by atoms with Crippen molar-refractivity contribution < 1.29 is 9.84 Å². The molecule has 2 unspecified atom stereocenters. The molecule has 0 spiro atoms. The maximum absolute atomic E-state index is 11.6. The van der Waals surface area contributed by atoms with Gasteiger partial charge in [-0.1, -0.05) is 35.1 Å². The highest BCUT2D eigenvalue weighted by molar-refractivity contribution is 7.99. The van der Waals surface area contributed by atoms with Crippen molar-refractivity contribution in [3.05, 3.63) is 45.9 Å². The first kappa shape index (κ1) is 19.9. The molecule has 1 aliphatic rings. The number of aliphatic hydroxyl groups excluding tert-OH is 1. The molecular weight excluding hydrogens is 336 g/mol. The van der Waals surface area contributed by atoms with Crippen LogP contribution in [0.25, 0.3) is 0 Å². The van der Waals surface area contributed by atoms with Crippen molar-refractivity contribution in [3.8, 4) is 0 Å². The third-order valence-electron chi connectivity index (χ3n) is 4.14. The van der Waals surface area contributed by atoms with Crippen molar-refractivity contribution in [1.29, 1.82) is 0 Å². The molecular formula is C19H28N2O3S. The van der Waals surface area contributed by atoms with E-state index in [0.717, 1.165) is 31.4 Å². The van der Waals surface area contributed by atoms with Gasteiger partial charge >= 0.3 is 0 Å². The molecule has 0 bridgehead atoms. The Balaban J connectivity index is 1.98. The number of nitrogens with zero attached hydrogens (tertiary/aromatic N) is 2. The largest absolute Gasteiger partial charge is 0.394 e. The van der Waals surface area contributed by atoms with E-state index < -0.39 is 0 Å². The average molecular weight is 365 g/mol. The summed E-state index contributed by atoms with van der Waals surface area (Å²) in [5.74, 6) is 0.771. The molecule has 0 amide bonds. The highest BCUT2D eigenvalue weighted by atomic mass is 32.2. The van der Waals surface area contributed by atoms with Gasteiger partial charge in [0.2, 0.25) is 0 Å². The Kier molecular flexibility index (Phi) is 7.93. The summed E-state index contributed by atoms with van der Waals surface area (Å²) in [5, 5.41) is 9.91. The summed E-state index contributed by atoms with van der Waals surface area (Å²) in [6, 6.07) is 1.46. The summed E-state index contributed by atoms with van der Waals surface area (Å²) in [6.07, 6.45) is 9.65. The monoisotopic (exact) mass is 364 g/mol. The quantitative estimate of drug-likeness (QED) is 0.433. The van der Waals surface area contributed by atoms with E-state index in [1.807, 2.05) is 4.57 Å². The third-order valence-corrected chi connectivity index (χ3v) is 5.03. The molecule has 1 aromatic heterocycles. The van der Waals surface area contributed by atoms with Gasteiger partial charge in [0.05, 0.1) is 12.7 Å². The molecule has 2 atom stereocenters. The molecule has 6 heteroatoms. The molecule has 1 saturated heterocycles. The van der Waals surface area contributed by atoms with Crippen LogP contribution < -0.4 is 5.56 Å². The molecule has 5 nitrogen and oxygen atoms in total. The van der Waals surface area contributed by atoms with Gasteiger partial charge in [0.25, 0.3) is 5.56 Å². The Morgan fingerprint density at radius 1 is 1.40 bits per heavy atom. The van der Waals surface area contributed by atoms with Crippen molar-refractivity contribution in [1.82, 2.24) is 9.55 Å². The zero-order chi connectivity index (χ0) is 18.2. The molecule has 0 saturated carbocycles. The molecule has 1 N–H and O–H groups in total. The van der Waals surface area contributed by atoms with Crippen LogP contribution >= 0.6 is 11.8 Å². The number of allylic oxidation sites excluding steroid dienone is 3. The van der Waals surface area contributed by atoms with Crippen LogP contribution in [-0.4, -0.2) is 33.1 Å². The van der Waals surface area contributed by atoms with Crippen LogP contribution in [0.2, 0.25) is 0 Å². The predicted molar refractivity (Wildman–Crippen MR) is 102 cm³/mol. The molecule has 1 fully saturated rings. The summed E-state index contributed by atoms with van der Waals surface area (Å²) >= 11 is 1.54. The topological polar surface area (TPSA) is 64.4 Å². The summed E-state index contributed by atoms with van der Waals surface area (Å²) in [6.45, 7) is 6.39. The van der Waals surface area contributed by atoms with Gasteiger partial charge in [-0.15, -0.1) is 0 Å². The fourth-order valence-corrected chi connectivity index (χ4v) is 3.70. The number of hydrogen-bond acceptors (Lipinski definition) is 5. The van der Waals surface area contributed by atoms with Crippen molar-refractivity contribution in [3.63, 3.8) is 0 Å². The highest BCUT2D eigenvalue weighted by Crippen LogP contribution is 2.30. The number of aliphatic hydroxyl groups is 1. The second kappa shape index (κ2) is 9.94. The van der Waals surface area contributed by atoms with Gasteiger partial charge in [-0.25, -0.2) is 0 Å². The van der Waals surface area contributed by atoms with E-state index in [4.69, 9.17) is 4.74 Å². The van der Waals surface area contributed by atoms with Gasteiger partial charge in [-0.3, -0.25) is 4.79 Å². The number of ether oxygens (including phenoxy) is 1. The second-order valence-corrected chi connectivity index (χ2v) is 7.60. The number of thioether (sulfide) groups is 1. The Hall–Kier alpha value is -1.37. The van der Waals surface area contributed by atoms with Crippen LogP contribution in [0, 0.1) is 0 Å². The van der Waals surface area contributed by atoms with Crippen LogP contribution in [0.1, 0.15) is 52.7 Å². The zero-order valence-electron chi connectivity index (χ0n) is 15.3. The maximum atomic E-state index is 11.6. The lowest BCUT2D eigenvalue weighted by Crippen LogP contribution is -2.19. The molecule has 0 aliphatic carbocycles. The van der Waals surface area contributed by atoms with E-state index in [2.05, 4.69) is 37.9 Å². The molecule has 25 heavy (non-hydrogen) atoms. The number of aromatic nitrogens is 2. The van der Waals surface area contributed by atoms with E-state index >= 15 is 0 Å². The van der Waals surface area contributed by atoms with Crippen LogP contribution in [0.5, 0.6) is 0 Å². The first-order valence-corrected chi connectivity index (χ1v) is 9.75. The fourth-order valence-electron chi connectivity index (χ4n) is 2.70. The lowest BCUT2D eigenvalue weighted by atomic mass is 10.1. The predicted octanol–water partition coefficient (Wildman–Crippen LogP) is 3.70. The van der Waals surface area contributed by atoms with E-state index in [-0.39, 0.29) is 24.5 Å². The van der Waals surface area contributed by atoms with Gasteiger partial charge in [0.1, 0.15) is 6.23 Å². The minimum absolute atomic E-state index is 0.0280. The fraction of sp³-hybridized carbons (Fsp3) is 0.579. The molecule has 1 aliphatic heterocycles. The van der Waals surface area contributed by atoms with Crippen LogP contribution in [0.4, 0.5) is 0 Å². The van der Waals surface area contributed by atoms with E-state index in [0.29, 0.717) is 5.16 Å². The van der Waals surface area contributed by atoms with Gasteiger partial charge in [0, 0.05) is 18.0 Å². The smallest absolute Gasteiger partial charge is 0.273 e. The summed E-state index contributed by atoms with van der Waals surface area (Å²) in [7, 11) is 0. The van der Waals surface area contributed by atoms with Crippen molar-refractivity contribution in [2.24, 2.45) is 0 Å². The minimum Gasteiger partial charge on any atom is -0.394 e. The minimum atomic E-state index is -0.236. The highest BCUT2D eigenvalue weighted by Gasteiger charge is 2.27. The van der Waals surface area contributed by atoms with Crippen molar-refractivity contribution >= 4 is 11.8 Å². The van der Waals surface area contributed by atoms with Crippen LogP contribution in [-0.2, 0) is 4.74 Å². The van der Waals surface area contributed by atoms with E-state index in [1.165, 1.54) is 17.2 Å². The summed E-state index contributed by atoms with van der Waals surface area (Å²) in [5.41, 5.74) is 2.45. The molecule has 0 aromatic carbocycles. The Morgan fingerprint density at radius 2 is 2.20 bits per heavy atom. The first-order chi connectivity index (χ1) is 12.0. The third kappa shape index (κ3) is 6.45. The molecule has 1 aromatic rings. The summed E-state index contributed by atoms with van der Waals surface area (Å²) in [4.78, 5) is 15.8. The average Bonchev–Trinajstić information content (AvgIpc) is 3.03. The lowest BCUT2D eigenvalue weighted by Gasteiger charge is -2.18. The first-order valence-electron chi connectivity index (χ1n) is 8.77. The molecule has 2 rings (SSSR count). The Morgan fingerprint density at radius 3 is 2.88 bits per heavy atom. The van der Waals surface area contributed by atoms with Gasteiger partial charge in [-0.05, 0) is 46.5 Å². The van der Waals surface area contributed by atoms with Crippen molar-refractivity contribution in [2.45, 2.75) is 63.9 Å². The molecule has 138 valence electrons. The van der Waals surface area contributed by atoms with E-state index in [1.54, 1.807) is 18.0 Å². The standard InChI is InChI=1S/C19H28N2O3S/c1-14(2)5-4-6-15(3)10-12-25-19-20-17(23)9-11-21(19)18-8-7-16(13-22)24-18/h5,9-11,16,18,22H,4,6-8,12-13H2,1-3H3/b15-10+. The number of hydrogen-bond donors (Lipinski definition) is 1. The van der Waals surface area contributed by atoms with Gasteiger partial charge in [0.15, 0.2) is 5.16 Å².